The quantitative estimate of drug-likeness (QED) is 0.766. The van der Waals surface area contributed by atoms with E-state index in [4.69, 9.17) is 9.47 Å². The number of carbonyl (C=O) groups is 1. The lowest BCUT2D eigenvalue weighted by Crippen LogP contribution is -2.56. The number of nitrogens with zero attached hydrogens (tertiary/aromatic N) is 2. The average molecular weight is 340 g/mol. The SMILES string of the molecule is O=C(N1CC[C@@H]2CN(C3CCOCC3)CCO[C@@H]2C1)C1(F)CCC1. The Morgan fingerprint density at radius 1 is 1.04 bits per heavy atom. The molecule has 0 aromatic carbocycles. The maximum atomic E-state index is 14.4. The third-order valence-electron chi connectivity index (χ3n) is 6.40. The van der Waals surface area contributed by atoms with Gasteiger partial charge in [-0.2, -0.15) is 0 Å². The van der Waals surface area contributed by atoms with Gasteiger partial charge in [0.15, 0.2) is 5.67 Å². The predicted octanol–water partition coefficient (Wildman–Crippen LogP) is 1.61. The van der Waals surface area contributed by atoms with Crippen LogP contribution in [0, 0.1) is 5.92 Å². The fraction of sp³-hybridized carbons (Fsp3) is 0.944. The van der Waals surface area contributed by atoms with E-state index in [0.29, 0.717) is 44.5 Å². The Hall–Kier alpha value is -0.720. The topological polar surface area (TPSA) is 42.0 Å². The van der Waals surface area contributed by atoms with Gasteiger partial charge in [-0.15, -0.1) is 0 Å². The van der Waals surface area contributed by atoms with Crippen molar-refractivity contribution in [3.63, 3.8) is 0 Å². The Labute approximate surface area is 143 Å². The highest BCUT2D eigenvalue weighted by molar-refractivity contribution is 5.86. The Morgan fingerprint density at radius 2 is 1.83 bits per heavy atom. The molecule has 5 nitrogen and oxygen atoms in total. The summed E-state index contributed by atoms with van der Waals surface area (Å²) < 4.78 is 26.0. The monoisotopic (exact) mass is 340 g/mol. The summed E-state index contributed by atoms with van der Waals surface area (Å²) in [5.41, 5.74) is -1.58. The van der Waals surface area contributed by atoms with Crippen LogP contribution in [-0.4, -0.2) is 79.5 Å². The second kappa shape index (κ2) is 6.89. The molecule has 4 rings (SSSR count). The zero-order valence-electron chi connectivity index (χ0n) is 14.4. The van der Waals surface area contributed by atoms with Gasteiger partial charge in [0.05, 0.1) is 12.7 Å². The lowest BCUT2D eigenvalue weighted by molar-refractivity contribution is -0.155. The maximum absolute atomic E-state index is 14.4. The number of hydrogen-bond donors (Lipinski definition) is 0. The lowest BCUT2D eigenvalue weighted by Gasteiger charge is -2.43. The van der Waals surface area contributed by atoms with Gasteiger partial charge in [-0.1, -0.05) is 0 Å². The van der Waals surface area contributed by atoms with Crippen molar-refractivity contribution in [3.05, 3.63) is 0 Å². The number of likely N-dealkylation sites (tertiary alicyclic amines) is 1. The maximum Gasteiger partial charge on any atom is 0.260 e. The van der Waals surface area contributed by atoms with E-state index < -0.39 is 5.67 Å². The van der Waals surface area contributed by atoms with Gasteiger partial charge in [0.25, 0.3) is 5.91 Å². The summed E-state index contributed by atoms with van der Waals surface area (Å²) in [6.07, 6.45) is 4.82. The molecule has 4 fully saturated rings. The molecule has 6 heteroatoms. The van der Waals surface area contributed by atoms with Crippen molar-refractivity contribution in [3.8, 4) is 0 Å². The molecule has 0 unspecified atom stereocenters. The fourth-order valence-electron chi connectivity index (χ4n) is 4.63. The smallest absolute Gasteiger partial charge is 0.260 e. The molecule has 24 heavy (non-hydrogen) atoms. The van der Waals surface area contributed by atoms with Crippen LogP contribution in [0.4, 0.5) is 4.39 Å². The largest absolute Gasteiger partial charge is 0.381 e. The zero-order chi connectivity index (χ0) is 16.6. The van der Waals surface area contributed by atoms with Crippen LogP contribution in [0.3, 0.4) is 0 Å². The third-order valence-corrected chi connectivity index (χ3v) is 6.40. The predicted molar refractivity (Wildman–Crippen MR) is 87.5 cm³/mol. The van der Waals surface area contributed by atoms with Gasteiger partial charge in [-0.05, 0) is 38.5 Å². The van der Waals surface area contributed by atoms with Crippen molar-refractivity contribution in [1.82, 2.24) is 9.80 Å². The van der Waals surface area contributed by atoms with Gasteiger partial charge in [0.1, 0.15) is 0 Å². The minimum absolute atomic E-state index is 0.0659. The molecule has 1 saturated carbocycles. The lowest BCUT2D eigenvalue weighted by atomic mass is 9.80. The Balaban J connectivity index is 1.36. The number of rotatable bonds is 2. The van der Waals surface area contributed by atoms with Gasteiger partial charge < -0.3 is 14.4 Å². The van der Waals surface area contributed by atoms with E-state index in [1.807, 2.05) is 0 Å². The van der Waals surface area contributed by atoms with E-state index in [1.165, 1.54) is 0 Å². The molecule has 0 aromatic rings. The zero-order valence-corrected chi connectivity index (χ0v) is 14.4. The van der Waals surface area contributed by atoms with Crippen LogP contribution < -0.4 is 0 Å². The Kier molecular flexibility index (Phi) is 4.80. The van der Waals surface area contributed by atoms with Gasteiger partial charge in [0, 0.05) is 51.4 Å². The molecule has 3 aliphatic heterocycles. The average Bonchev–Trinajstić information content (AvgIpc) is 2.81. The number of halogens is 1. The van der Waals surface area contributed by atoms with Crippen LogP contribution in [0.5, 0.6) is 0 Å². The highest BCUT2D eigenvalue weighted by Crippen LogP contribution is 2.38. The van der Waals surface area contributed by atoms with E-state index in [-0.39, 0.29) is 12.0 Å². The number of piperidine rings is 1. The van der Waals surface area contributed by atoms with Crippen LogP contribution in [0.1, 0.15) is 38.5 Å². The van der Waals surface area contributed by atoms with E-state index in [2.05, 4.69) is 4.90 Å². The summed E-state index contributed by atoms with van der Waals surface area (Å²) >= 11 is 0. The van der Waals surface area contributed by atoms with Crippen molar-refractivity contribution < 1.29 is 18.7 Å². The van der Waals surface area contributed by atoms with E-state index >= 15 is 0 Å². The summed E-state index contributed by atoms with van der Waals surface area (Å²) in [6.45, 7) is 5.67. The van der Waals surface area contributed by atoms with Crippen molar-refractivity contribution in [2.75, 3.05) is 46.0 Å². The standard InChI is InChI=1S/C18H29FN2O3/c19-18(5-1-6-18)17(22)21-7-2-14-12-20(8-11-24-16(14)13-21)15-3-9-23-10-4-15/h14-16H,1-13H2/t14-,16-/m1/s1. The third kappa shape index (κ3) is 3.20. The molecule has 136 valence electrons. The van der Waals surface area contributed by atoms with Crippen LogP contribution in [-0.2, 0) is 14.3 Å². The summed E-state index contributed by atoms with van der Waals surface area (Å²) in [5.74, 6) is 0.165. The van der Waals surface area contributed by atoms with Crippen LogP contribution in [0.25, 0.3) is 0 Å². The summed E-state index contributed by atoms with van der Waals surface area (Å²) in [7, 11) is 0. The minimum Gasteiger partial charge on any atom is -0.381 e. The van der Waals surface area contributed by atoms with E-state index in [9.17, 15) is 9.18 Å². The number of fused-ring (bicyclic) bond motifs is 1. The Bertz CT molecular complexity index is 465. The highest BCUT2D eigenvalue weighted by atomic mass is 19.1. The number of ether oxygens (including phenoxy) is 2. The first kappa shape index (κ1) is 16.7. The first-order valence-electron chi connectivity index (χ1n) is 9.57. The molecule has 4 aliphatic rings. The molecule has 0 aromatic heterocycles. The molecule has 2 atom stereocenters. The number of hydrogen-bond acceptors (Lipinski definition) is 4. The summed E-state index contributed by atoms with van der Waals surface area (Å²) in [5, 5.41) is 0. The van der Waals surface area contributed by atoms with Crippen molar-refractivity contribution in [2.24, 2.45) is 5.92 Å². The Morgan fingerprint density at radius 3 is 2.54 bits per heavy atom. The van der Waals surface area contributed by atoms with Gasteiger partial charge in [-0.3, -0.25) is 9.69 Å². The summed E-state index contributed by atoms with van der Waals surface area (Å²) in [6, 6.07) is 0.602. The van der Waals surface area contributed by atoms with Gasteiger partial charge >= 0.3 is 0 Å². The molecule has 1 amide bonds. The highest BCUT2D eigenvalue weighted by Gasteiger charge is 2.48. The second-order valence-electron chi connectivity index (χ2n) is 7.87. The molecule has 0 bridgehead atoms. The van der Waals surface area contributed by atoms with E-state index in [1.54, 1.807) is 4.90 Å². The fourth-order valence-corrected chi connectivity index (χ4v) is 4.63. The summed E-state index contributed by atoms with van der Waals surface area (Å²) in [4.78, 5) is 16.7. The molecule has 0 radical (unpaired) electrons. The van der Waals surface area contributed by atoms with Crippen LogP contribution >= 0.6 is 0 Å². The van der Waals surface area contributed by atoms with Crippen molar-refractivity contribution in [2.45, 2.75) is 56.3 Å². The normalized spacial score (nSPS) is 35.0. The first-order chi connectivity index (χ1) is 11.7. The van der Waals surface area contributed by atoms with Crippen molar-refractivity contribution >= 4 is 5.91 Å². The molecule has 0 spiro atoms. The molecule has 0 N–H and O–H groups in total. The second-order valence-corrected chi connectivity index (χ2v) is 7.87. The molecule has 3 saturated heterocycles. The van der Waals surface area contributed by atoms with Gasteiger partial charge in [0.2, 0.25) is 0 Å². The molecular weight excluding hydrogens is 311 g/mol. The first-order valence-corrected chi connectivity index (χ1v) is 9.57. The van der Waals surface area contributed by atoms with Crippen molar-refractivity contribution in [1.29, 1.82) is 0 Å². The van der Waals surface area contributed by atoms with Crippen LogP contribution in [0.2, 0.25) is 0 Å². The molecular formula is C18H29FN2O3. The molecule has 1 aliphatic carbocycles. The molecule has 3 heterocycles. The number of carbonyl (C=O) groups excluding carboxylic acids is 1. The minimum atomic E-state index is -1.58. The van der Waals surface area contributed by atoms with Gasteiger partial charge in [-0.25, -0.2) is 4.39 Å². The van der Waals surface area contributed by atoms with E-state index in [0.717, 1.165) is 52.0 Å². The number of amides is 1. The number of alkyl halides is 1. The van der Waals surface area contributed by atoms with Crippen LogP contribution in [0.15, 0.2) is 0 Å².